The van der Waals surface area contributed by atoms with E-state index in [1.165, 1.54) is 0 Å². The van der Waals surface area contributed by atoms with Crippen molar-refractivity contribution in [1.29, 1.82) is 0 Å². The molecule has 2 fully saturated rings. The molecule has 1 saturated heterocycles. The third-order valence-corrected chi connectivity index (χ3v) is 12.9. The van der Waals surface area contributed by atoms with E-state index < -0.39 is 59.7 Å². The van der Waals surface area contributed by atoms with E-state index in [4.69, 9.17) is 18.9 Å². The predicted octanol–water partition coefficient (Wildman–Crippen LogP) is 8.57. The number of hydrogen-bond acceptors (Lipinski definition) is 11. The van der Waals surface area contributed by atoms with E-state index >= 15 is 0 Å². The molecule has 3 rings (SSSR count). The summed E-state index contributed by atoms with van der Waals surface area (Å²) >= 11 is 0. The van der Waals surface area contributed by atoms with Crippen molar-refractivity contribution in [3.8, 4) is 0 Å². The minimum absolute atomic E-state index is 0.0463. The van der Waals surface area contributed by atoms with Crippen LogP contribution in [0, 0.1) is 5.41 Å². The number of aliphatic hydroxyl groups is 3. The highest BCUT2D eigenvalue weighted by molar-refractivity contribution is 5.13. The first-order valence-electron chi connectivity index (χ1n) is 23.7. The van der Waals surface area contributed by atoms with Gasteiger partial charge in [-0.25, -0.2) is 0 Å². The van der Waals surface area contributed by atoms with Crippen molar-refractivity contribution in [1.82, 2.24) is 19.6 Å². The first-order valence-corrected chi connectivity index (χ1v) is 23.7. The molecule has 0 aromatic carbocycles. The van der Waals surface area contributed by atoms with Gasteiger partial charge in [-0.2, -0.15) is 0 Å². The third-order valence-electron chi connectivity index (χ3n) is 12.9. The lowest BCUT2D eigenvalue weighted by molar-refractivity contribution is -0.331. The van der Waals surface area contributed by atoms with Crippen molar-refractivity contribution in [3.63, 3.8) is 0 Å². The Bertz CT molecular complexity index is 1400. The van der Waals surface area contributed by atoms with Gasteiger partial charge in [0.05, 0.1) is 18.7 Å². The molecule has 3 N–H and O–H groups in total. The highest BCUT2D eigenvalue weighted by Crippen LogP contribution is 2.45. The minimum atomic E-state index is -1.38. The third kappa shape index (κ3) is 12.5. The van der Waals surface area contributed by atoms with Crippen LogP contribution in [-0.2, 0) is 18.9 Å². The van der Waals surface area contributed by atoms with Crippen molar-refractivity contribution in [2.75, 3.05) is 6.61 Å². The quantitative estimate of drug-likeness (QED) is 0.186. The Balaban J connectivity index is 2.35. The van der Waals surface area contributed by atoms with Crippen LogP contribution >= 0.6 is 0 Å². The zero-order valence-electron chi connectivity index (χ0n) is 44.0. The second kappa shape index (κ2) is 18.8. The van der Waals surface area contributed by atoms with Gasteiger partial charge in [-0.05, 0) is 171 Å². The number of ether oxygens (including phenoxy) is 4. The van der Waals surface area contributed by atoms with E-state index in [0.29, 0.717) is 6.42 Å². The molecule has 11 heteroatoms. The smallest absolute Gasteiger partial charge is 0.215 e. The van der Waals surface area contributed by atoms with Gasteiger partial charge in [0, 0.05) is 63.3 Å². The van der Waals surface area contributed by atoms with Crippen LogP contribution in [0.2, 0.25) is 0 Å². The fourth-order valence-corrected chi connectivity index (χ4v) is 12.2. The lowest BCUT2D eigenvalue weighted by Crippen LogP contribution is -2.75. The normalized spacial score (nSPS) is 33.1. The number of aliphatic hydroxyl groups excluding tert-OH is 2. The molecule has 0 bridgehead atoms. The van der Waals surface area contributed by atoms with Crippen LogP contribution < -0.4 is 0 Å². The Labute approximate surface area is 375 Å². The second-order valence-electron chi connectivity index (χ2n) is 25.9. The molecule has 61 heavy (non-hydrogen) atoms. The van der Waals surface area contributed by atoms with Gasteiger partial charge in [-0.15, -0.1) is 0 Å². The van der Waals surface area contributed by atoms with Crippen LogP contribution in [-0.4, -0.2) is 154 Å². The molecule has 3 aliphatic rings. The van der Waals surface area contributed by atoms with E-state index in [1.807, 2.05) is 0 Å². The molecule has 2 heterocycles. The molecular formula is C50H98N4O7. The van der Waals surface area contributed by atoms with Gasteiger partial charge in [0.2, 0.25) is 6.29 Å². The summed E-state index contributed by atoms with van der Waals surface area (Å²) in [5.41, 5.74) is -3.30. The van der Waals surface area contributed by atoms with Crippen molar-refractivity contribution in [2.24, 2.45) is 5.41 Å². The predicted molar refractivity (Wildman–Crippen MR) is 250 cm³/mol. The monoisotopic (exact) mass is 867 g/mol. The maximum atomic E-state index is 13.4. The van der Waals surface area contributed by atoms with Gasteiger partial charge in [-0.1, -0.05) is 20.8 Å². The lowest BCUT2D eigenvalue weighted by Gasteiger charge is -2.60. The summed E-state index contributed by atoms with van der Waals surface area (Å²) < 4.78 is 28.1. The van der Waals surface area contributed by atoms with Crippen molar-refractivity contribution in [3.05, 3.63) is 11.8 Å². The maximum absolute atomic E-state index is 13.4. The molecule has 0 spiro atoms. The molecule has 0 aromatic heterocycles. The summed E-state index contributed by atoms with van der Waals surface area (Å²) in [5.74, 6) is 0.882. The lowest BCUT2D eigenvalue weighted by atomic mass is 9.77. The largest absolute Gasteiger partial charge is 0.467 e. The van der Waals surface area contributed by atoms with E-state index in [2.05, 4.69) is 192 Å². The molecule has 1 aliphatic carbocycles. The van der Waals surface area contributed by atoms with Crippen LogP contribution in [0.5, 0.6) is 0 Å². The SMILES string of the molecule is CC(C)N(C(C)C)[C@@H]1C[C@H](N(C(C)(C)C)C(C)(C)C)[C@@H](O[C@H]2OC(C(C)(C)C)=CCC2N(C(C)C)C(C)(C)C)[C@H](O)[C@H]1O[C@H]1OC[C@](C)(O)[C@H](N(C(C)(C)C)C(C)(C)C)[C@H]1O. The topological polar surface area (TPSA) is 111 Å². The Hall–Kier alpha value is -0.860. The number of hydrogen-bond donors (Lipinski definition) is 3. The zero-order valence-corrected chi connectivity index (χ0v) is 44.0. The van der Waals surface area contributed by atoms with Gasteiger partial charge >= 0.3 is 0 Å². The fraction of sp³-hybridized carbons (Fsp3) is 0.960. The molecular weight excluding hydrogens is 769 g/mol. The summed E-state index contributed by atoms with van der Waals surface area (Å²) in [4.78, 5) is 9.66. The Kier molecular flexibility index (Phi) is 16.8. The van der Waals surface area contributed by atoms with Crippen molar-refractivity contribution < 1.29 is 34.3 Å². The van der Waals surface area contributed by atoms with Gasteiger partial charge in [0.25, 0.3) is 0 Å². The van der Waals surface area contributed by atoms with Crippen molar-refractivity contribution in [2.45, 2.75) is 299 Å². The Morgan fingerprint density at radius 1 is 0.607 bits per heavy atom. The molecule has 11 atom stereocenters. The van der Waals surface area contributed by atoms with Gasteiger partial charge in [0.15, 0.2) is 6.29 Å². The van der Waals surface area contributed by atoms with Crippen LogP contribution in [0.1, 0.15) is 186 Å². The highest BCUT2D eigenvalue weighted by atomic mass is 16.7. The van der Waals surface area contributed by atoms with Crippen molar-refractivity contribution >= 4 is 0 Å². The molecule has 0 aromatic rings. The van der Waals surface area contributed by atoms with Gasteiger partial charge < -0.3 is 34.3 Å². The molecule has 0 radical (unpaired) electrons. The van der Waals surface area contributed by atoms with Crippen LogP contribution in [0.15, 0.2) is 11.8 Å². The van der Waals surface area contributed by atoms with Crippen LogP contribution in [0.25, 0.3) is 0 Å². The average molecular weight is 867 g/mol. The molecule has 1 unspecified atom stereocenters. The van der Waals surface area contributed by atoms with E-state index in [0.717, 1.165) is 12.2 Å². The highest BCUT2D eigenvalue weighted by Gasteiger charge is 2.59. The Morgan fingerprint density at radius 2 is 1.05 bits per heavy atom. The average Bonchev–Trinajstić information content (AvgIpc) is 3.00. The van der Waals surface area contributed by atoms with Gasteiger partial charge in [-0.3, -0.25) is 19.6 Å². The molecule has 2 aliphatic heterocycles. The summed E-state index contributed by atoms with van der Waals surface area (Å²) in [6, 6.07) is -1.01. The number of rotatable bonds is 11. The van der Waals surface area contributed by atoms with E-state index in [-0.39, 0.29) is 64.9 Å². The molecule has 0 amide bonds. The first kappa shape index (κ1) is 54.5. The summed E-state index contributed by atoms with van der Waals surface area (Å²) in [7, 11) is 0. The zero-order chi connectivity index (χ0) is 47.5. The Morgan fingerprint density at radius 3 is 1.44 bits per heavy atom. The van der Waals surface area contributed by atoms with E-state index in [1.54, 1.807) is 6.92 Å². The van der Waals surface area contributed by atoms with E-state index in [9.17, 15) is 15.3 Å². The first-order chi connectivity index (χ1) is 27.2. The number of allylic oxidation sites excluding steroid dienone is 1. The minimum Gasteiger partial charge on any atom is -0.467 e. The summed E-state index contributed by atoms with van der Waals surface area (Å²) in [6.07, 6.45) is -2.25. The standard InChI is InChI=1S/C50H98N4O7/c1-30(2)51(31(3)4)34-28-35(53(46(13,14)15)47(16,17)18)40(60-42-33(52(32(5)6)45(10,11)12)26-27-36(59-42)44(7,8)9)37(55)39(34)61-43-38(56)41(50(25,57)29-58-43)54(48(19,20)21)49(22,23)24/h27,30-35,37-43,55-57H,26,28-29H2,1-25H3/t33?,34-,35+,37-,38-,39+,40-,41-,42-,43-,50+/m1/s1. The number of nitrogens with zero attached hydrogens (tertiary/aromatic N) is 4. The van der Waals surface area contributed by atoms with Gasteiger partial charge in [0.1, 0.15) is 35.8 Å². The summed E-state index contributed by atoms with van der Waals surface area (Å²) in [6.45, 7) is 54.3. The molecule has 1 saturated carbocycles. The fourth-order valence-electron chi connectivity index (χ4n) is 12.2. The second-order valence-corrected chi connectivity index (χ2v) is 25.9. The summed E-state index contributed by atoms with van der Waals surface area (Å²) in [5, 5.41) is 37.9. The maximum Gasteiger partial charge on any atom is 0.215 e. The van der Waals surface area contributed by atoms with Crippen LogP contribution in [0.4, 0.5) is 0 Å². The molecule has 360 valence electrons. The van der Waals surface area contributed by atoms with Crippen LogP contribution in [0.3, 0.4) is 0 Å². The molecule has 11 nitrogen and oxygen atoms in total.